The smallest absolute Gasteiger partial charge is 0.190 e. The molecule has 100 valence electrons. The number of ether oxygens (including phenoxy) is 2. The molecule has 0 bridgehead atoms. The minimum Gasteiger partial charge on any atom is -0.485 e. The molecule has 2 rings (SSSR count). The molecule has 0 amide bonds. The van der Waals surface area contributed by atoms with Crippen molar-refractivity contribution < 1.29 is 23.4 Å². The quantitative estimate of drug-likeness (QED) is 0.901. The fourth-order valence-electron chi connectivity index (χ4n) is 2.03. The maximum Gasteiger partial charge on any atom is 0.190 e. The third kappa shape index (κ3) is 2.97. The summed E-state index contributed by atoms with van der Waals surface area (Å²) < 4.78 is 37.7. The molecule has 0 saturated carbocycles. The molecule has 0 aliphatic carbocycles. The molecule has 5 heteroatoms. The Labute approximate surface area is 104 Å². The highest BCUT2D eigenvalue weighted by molar-refractivity contribution is 5.31. The summed E-state index contributed by atoms with van der Waals surface area (Å²) in [5.74, 6) is -2.01. The van der Waals surface area contributed by atoms with Crippen LogP contribution in [0, 0.1) is 11.6 Å². The third-order valence-corrected chi connectivity index (χ3v) is 2.97. The summed E-state index contributed by atoms with van der Waals surface area (Å²) in [5, 5.41) is 8.81. The maximum absolute atomic E-state index is 13.5. The molecular weight excluding hydrogens is 242 g/mol. The molecule has 1 heterocycles. The van der Waals surface area contributed by atoms with E-state index in [1.807, 2.05) is 6.92 Å². The first-order valence-electron chi connectivity index (χ1n) is 5.97. The zero-order chi connectivity index (χ0) is 13.1. The number of rotatable bonds is 4. The first-order valence-corrected chi connectivity index (χ1v) is 5.97. The van der Waals surface area contributed by atoms with Gasteiger partial charge >= 0.3 is 0 Å². The van der Waals surface area contributed by atoms with E-state index in [9.17, 15) is 8.78 Å². The van der Waals surface area contributed by atoms with Gasteiger partial charge in [-0.2, -0.15) is 0 Å². The summed E-state index contributed by atoms with van der Waals surface area (Å²) >= 11 is 0. The van der Waals surface area contributed by atoms with E-state index in [1.165, 1.54) is 0 Å². The predicted octanol–water partition coefficient (Wildman–Crippen LogP) is 2.40. The van der Waals surface area contributed by atoms with E-state index >= 15 is 0 Å². The molecule has 1 N–H and O–H groups in total. The van der Waals surface area contributed by atoms with Crippen LogP contribution in [0.1, 0.15) is 25.3 Å². The van der Waals surface area contributed by atoms with E-state index in [1.54, 1.807) is 0 Å². The Morgan fingerprint density at radius 1 is 1.33 bits per heavy atom. The van der Waals surface area contributed by atoms with Crippen LogP contribution >= 0.6 is 0 Å². The lowest BCUT2D eigenvalue weighted by molar-refractivity contribution is 0.0247. The van der Waals surface area contributed by atoms with Crippen LogP contribution in [0.2, 0.25) is 0 Å². The van der Waals surface area contributed by atoms with Crippen molar-refractivity contribution in [3.05, 3.63) is 29.3 Å². The Morgan fingerprint density at radius 2 is 2.00 bits per heavy atom. The Bertz CT molecular complexity index is 400. The molecule has 1 aliphatic rings. The highest BCUT2D eigenvalue weighted by Crippen LogP contribution is 2.25. The number of halogens is 2. The average Bonchev–Trinajstić information content (AvgIpc) is 2.73. The zero-order valence-corrected chi connectivity index (χ0v) is 10.2. The number of aliphatic hydroxyl groups excluding tert-OH is 1. The SMILES string of the molecule is CC1CCC(COc2c(F)cc(CO)cc2F)O1. The van der Waals surface area contributed by atoms with Crippen molar-refractivity contribution in [1.82, 2.24) is 0 Å². The average molecular weight is 258 g/mol. The minimum atomic E-state index is -0.801. The van der Waals surface area contributed by atoms with E-state index in [0.717, 1.165) is 25.0 Å². The number of hydrogen-bond acceptors (Lipinski definition) is 3. The summed E-state index contributed by atoms with van der Waals surface area (Å²) in [5.41, 5.74) is 0.183. The van der Waals surface area contributed by atoms with Crippen molar-refractivity contribution in [1.29, 1.82) is 0 Å². The second-order valence-electron chi connectivity index (χ2n) is 4.50. The second kappa shape index (κ2) is 5.63. The van der Waals surface area contributed by atoms with Crippen LogP contribution in [0.5, 0.6) is 5.75 Å². The molecule has 0 spiro atoms. The third-order valence-electron chi connectivity index (χ3n) is 2.97. The van der Waals surface area contributed by atoms with Crippen molar-refractivity contribution in [2.45, 2.75) is 38.6 Å². The minimum absolute atomic E-state index is 0.115. The Morgan fingerprint density at radius 3 is 2.50 bits per heavy atom. The molecule has 0 radical (unpaired) electrons. The molecule has 18 heavy (non-hydrogen) atoms. The number of hydrogen-bond donors (Lipinski definition) is 1. The monoisotopic (exact) mass is 258 g/mol. The van der Waals surface area contributed by atoms with Gasteiger partial charge in [0.1, 0.15) is 6.61 Å². The van der Waals surface area contributed by atoms with Gasteiger partial charge in [-0.3, -0.25) is 0 Å². The predicted molar refractivity (Wildman–Crippen MR) is 61.3 cm³/mol. The Kier molecular flexibility index (Phi) is 4.14. The number of aliphatic hydroxyl groups is 1. The van der Waals surface area contributed by atoms with Gasteiger partial charge in [-0.15, -0.1) is 0 Å². The topological polar surface area (TPSA) is 38.7 Å². The molecule has 3 nitrogen and oxygen atoms in total. The Balaban J connectivity index is 2.01. The summed E-state index contributed by atoms with van der Waals surface area (Å²) in [6, 6.07) is 2.13. The van der Waals surface area contributed by atoms with Gasteiger partial charge in [-0.05, 0) is 37.5 Å². The lowest BCUT2D eigenvalue weighted by Crippen LogP contribution is -2.18. The second-order valence-corrected chi connectivity index (χ2v) is 4.50. The zero-order valence-electron chi connectivity index (χ0n) is 10.2. The Hall–Kier alpha value is -1.20. The maximum atomic E-state index is 13.5. The van der Waals surface area contributed by atoms with Gasteiger partial charge in [0, 0.05) is 0 Å². The van der Waals surface area contributed by atoms with Gasteiger partial charge in [-0.1, -0.05) is 0 Å². The van der Waals surface area contributed by atoms with E-state index in [4.69, 9.17) is 14.6 Å². The first-order chi connectivity index (χ1) is 8.60. The largest absolute Gasteiger partial charge is 0.485 e. The molecule has 1 aliphatic heterocycles. The molecule has 1 saturated heterocycles. The van der Waals surface area contributed by atoms with Crippen LogP contribution in [-0.4, -0.2) is 23.9 Å². The molecule has 1 aromatic carbocycles. The van der Waals surface area contributed by atoms with Crippen LogP contribution in [0.4, 0.5) is 8.78 Å². The normalized spacial score (nSPS) is 23.3. The summed E-state index contributed by atoms with van der Waals surface area (Å²) in [4.78, 5) is 0. The van der Waals surface area contributed by atoms with E-state index in [0.29, 0.717) is 0 Å². The number of benzene rings is 1. The van der Waals surface area contributed by atoms with Gasteiger partial charge < -0.3 is 14.6 Å². The van der Waals surface area contributed by atoms with Crippen molar-refractivity contribution in [3.63, 3.8) is 0 Å². The van der Waals surface area contributed by atoms with Crippen molar-refractivity contribution >= 4 is 0 Å². The van der Waals surface area contributed by atoms with Crippen LogP contribution in [-0.2, 0) is 11.3 Å². The molecule has 1 aromatic rings. The molecule has 1 fully saturated rings. The molecule has 0 aromatic heterocycles. The van der Waals surface area contributed by atoms with Crippen LogP contribution < -0.4 is 4.74 Å². The summed E-state index contributed by atoms with van der Waals surface area (Å²) in [6.45, 7) is 1.69. The molecule has 2 atom stereocenters. The lowest BCUT2D eigenvalue weighted by atomic mass is 10.2. The molecule has 2 unspecified atom stereocenters. The van der Waals surface area contributed by atoms with E-state index in [-0.39, 0.29) is 24.4 Å². The standard InChI is InChI=1S/C13H16F2O3/c1-8-2-3-10(18-8)7-17-13-11(14)4-9(6-16)5-12(13)15/h4-5,8,10,16H,2-3,6-7H2,1H3. The van der Waals surface area contributed by atoms with Gasteiger partial charge in [0.25, 0.3) is 0 Å². The van der Waals surface area contributed by atoms with Gasteiger partial charge in [0.2, 0.25) is 0 Å². The van der Waals surface area contributed by atoms with Gasteiger partial charge in [-0.25, -0.2) is 8.78 Å². The highest BCUT2D eigenvalue weighted by atomic mass is 19.1. The molecular formula is C13H16F2O3. The van der Waals surface area contributed by atoms with Crippen LogP contribution in [0.25, 0.3) is 0 Å². The highest BCUT2D eigenvalue weighted by Gasteiger charge is 2.23. The van der Waals surface area contributed by atoms with Crippen LogP contribution in [0.3, 0.4) is 0 Å². The first kappa shape index (κ1) is 13.2. The lowest BCUT2D eigenvalue weighted by Gasteiger charge is -2.14. The van der Waals surface area contributed by atoms with E-state index in [2.05, 4.69) is 0 Å². The van der Waals surface area contributed by atoms with Crippen molar-refractivity contribution in [2.75, 3.05) is 6.61 Å². The summed E-state index contributed by atoms with van der Waals surface area (Å²) in [6.07, 6.45) is 1.82. The van der Waals surface area contributed by atoms with Crippen molar-refractivity contribution in [2.24, 2.45) is 0 Å². The fraction of sp³-hybridized carbons (Fsp3) is 0.538. The van der Waals surface area contributed by atoms with Gasteiger partial charge in [0.05, 0.1) is 18.8 Å². The van der Waals surface area contributed by atoms with E-state index < -0.39 is 24.0 Å². The van der Waals surface area contributed by atoms with Crippen molar-refractivity contribution in [3.8, 4) is 5.75 Å². The van der Waals surface area contributed by atoms with Gasteiger partial charge in [0.15, 0.2) is 17.4 Å². The van der Waals surface area contributed by atoms with Crippen LogP contribution in [0.15, 0.2) is 12.1 Å². The fourth-order valence-corrected chi connectivity index (χ4v) is 2.03. The summed E-state index contributed by atoms with van der Waals surface area (Å²) in [7, 11) is 0.